The maximum Gasteiger partial charge on any atom is 0.141 e. The van der Waals surface area contributed by atoms with Gasteiger partial charge in [0.05, 0.1) is 11.8 Å². The van der Waals surface area contributed by atoms with E-state index in [0.29, 0.717) is 11.8 Å². The number of hydrogen-bond acceptors (Lipinski definition) is 3. The Kier molecular flexibility index (Phi) is 2.73. The van der Waals surface area contributed by atoms with Crippen LogP contribution in [-0.2, 0) is 6.54 Å². The topological polar surface area (TPSA) is 50.1 Å². The fraction of sp³-hybridized carbons (Fsp3) is 0.462. The Morgan fingerprint density at radius 3 is 3.18 bits per heavy atom. The number of piperidine rings is 1. The molecule has 1 unspecified atom stereocenters. The van der Waals surface area contributed by atoms with Crippen LogP contribution in [0.1, 0.15) is 19.3 Å². The van der Waals surface area contributed by atoms with Crippen LogP contribution < -0.4 is 5.32 Å². The van der Waals surface area contributed by atoms with Crippen LogP contribution in [0.15, 0.2) is 24.5 Å². The molecule has 0 bridgehead atoms. The Labute approximate surface area is 100 Å². The molecule has 2 heterocycles. The van der Waals surface area contributed by atoms with Crippen molar-refractivity contribution in [3.05, 3.63) is 24.5 Å². The lowest BCUT2D eigenvalue weighted by Crippen LogP contribution is -2.37. The molecule has 1 atom stereocenters. The van der Waals surface area contributed by atoms with Crippen LogP contribution in [0.25, 0.3) is 11.0 Å². The van der Waals surface area contributed by atoms with Gasteiger partial charge in [0.2, 0.25) is 0 Å². The third kappa shape index (κ3) is 2.00. The van der Waals surface area contributed by atoms with E-state index in [0.717, 1.165) is 24.1 Å². The summed E-state index contributed by atoms with van der Waals surface area (Å²) in [6.07, 6.45) is 5.58. The van der Waals surface area contributed by atoms with Crippen molar-refractivity contribution in [2.24, 2.45) is 0 Å². The molecule has 4 heteroatoms. The van der Waals surface area contributed by atoms with Gasteiger partial charge in [-0.2, -0.15) is 0 Å². The van der Waals surface area contributed by atoms with Crippen LogP contribution in [-0.4, -0.2) is 27.2 Å². The van der Waals surface area contributed by atoms with Crippen molar-refractivity contribution >= 4 is 11.0 Å². The van der Waals surface area contributed by atoms with Crippen LogP contribution in [0, 0.1) is 0 Å². The molecule has 1 saturated heterocycles. The highest BCUT2D eigenvalue weighted by atomic mass is 16.3. The lowest BCUT2D eigenvalue weighted by atomic mass is 10.1. The van der Waals surface area contributed by atoms with Crippen molar-refractivity contribution in [2.75, 3.05) is 6.54 Å². The quantitative estimate of drug-likeness (QED) is 0.829. The molecule has 0 aliphatic carbocycles. The first kappa shape index (κ1) is 10.6. The van der Waals surface area contributed by atoms with E-state index in [1.807, 2.05) is 23.0 Å². The molecule has 90 valence electrons. The van der Waals surface area contributed by atoms with Gasteiger partial charge in [-0.3, -0.25) is 0 Å². The van der Waals surface area contributed by atoms with Gasteiger partial charge in [0.25, 0.3) is 0 Å². The van der Waals surface area contributed by atoms with Crippen molar-refractivity contribution in [1.82, 2.24) is 14.9 Å². The zero-order valence-electron chi connectivity index (χ0n) is 9.76. The standard InChI is InChI=1S/C13H17N3O/c17-12-6-3-5-11-13(12)16(9-15-11)8-10-4-1-2-7-14-10/h3,5-6,9-10,14,17H,1-2,4,7-8H2. The number of imidazole rings is 1. The summed E-state index contributed by atoms with van der Waals surface area (Å²) in [5, 5.41) is 13.4. The number of nitrogens with one attached hydrogen (secondary N) is 1. The molecular formula is C13H17N3O. The summed E-state index contributed by atoms with van der Waals surface area (Å²) in [4.78, 5) is 4.32. The van der Waals surface area contributed by atoms with Crippen molar-refractivity contribution < 1.29 is 5.11 Å². The maximum atomic E-state index is 9.89. The molecule has 0 amide bonds. The summed E-state index contributed by atoms with van der Waals surface area (Å²) in [5.41, 5.74) is 1.71. The minimum Gasteiger partial charge on any atom is -0.506 e. The number of aromatic nitrogens is 2. The first-order chi connectivity index (χ1) is 8.34. The molecule has 1 aromatic carbocycles. The van der Waals surface area contributed by atoms with Crippen molar-refractivity contribution in [3.63, 3.8) is 0 Å². The molecule has 2 N–H and O–H groups in total. The Hall–Kier alpha value is -1.55. The van der Waals surface area contributed by atoms with Gasteiger partial charge >= 0.3 is 0 Å². The Morgan fingerprint density at radius 1 is 1.41 bits per heavy atom. The van der Waals surface area contributed by atoms with E-state index in [2.05, 4.69) is 10.3 Å². The van der Waals surface area contributed by atoms with Crippen LogP contribution >= 0.6 is 0 Å². The summed E-state index contributed by atoms with van der Waals surface area (Å²) in [6.45, 7) is 1.98. The Bertz CT molecular complexity index is 514. The number of rotatable bonds is 2. The van der Waals surface area contributed by atoms with Gasteiger partial charge < -0.3 is 15.0 Å². The summed E-state index contributed by atoms with van der Waals surface area (Å²) < 4.78 is 2.05. The van der Waals surface area contributed by atoms with E-state index in [-0.39, 0.29) is 0 Å². The highest BCUT2D eigenvalue weighted by Gasteiger charge is 2.15. The normalized spacial score (nSPS) is 20.8. The fourth-order valence-electron chi connectivity index (χ4n) is 2.56. The Morgan fingerprint density at radius 2 is 2.35 bits per heavy atom. The van der Waals surface area contributed by atoms with Crippen molar-refractivity contribution in [3.8, 4) is 5.75 Å². The molecule has 2 aromatic rings. The van der Waals surface area contributed by atoms with E-state index in [1.165, 1.54) is 19.3 Å². The lowest BCUT2D eigenvalue weighted by Gasteiger charge is -2.24. The average molecular weight is 231 g/mol. The number of nitrogens with zero attached hydrogens (tertiary/aromatic N) is 2. The van der Waals surface area contributed by atoms with E-state index in [9.17, 15) is 5.11 Å². The smallest absolute Gasteiger partial charge is 0.141 e. The minimum atomic E-state index is 0.316. The maximum absolute atomic E-state index is 9.89. The predicted octanol–water partition coefficient (Wildman–Crippen LogP) is 1.88. The van der Waals surface area contributed by atoms with Crippen LogP contribution in [0.2, 0.25) is 0 Å². The molecule has 1 fully saturated rings. The van der Waals surface area contributed by atoms with Crippen molar-refractivity contribution in [2.45, 2.75) is 31.8 Å². The number of benzene rings is 1. The molecule has 4 nitrogen and oxygen atoms in total. The zero-order chi connectivity index (χ0) is 11.7. The van der Waals surface area contributed by atoms with E-state index in [4.69, 9.17) is 0 Å². The largest absolute Gasteiger partial charge is 0.506 e. The third-order valence-corrected chi connectivity index (χ3v) is 3.45. The lowest BCUT2D eigenvalue weighted by molar-refractivity contribution is 0.365. The summed E-state index contributed by atoms with van der Waals surface area (Å²) in [7, 11) is 0. The molecule has 0 saturated carbocycles. The highest BCUT2D eigenvalue weighted by Crippen LogP contribution is 2.24. The summed E-state index contributed by atoms with van der Waals surface area (Å²) in [5.74, 6) is 0.316. The molecular weight excluding hydrogens is 214 g/mol. The number of para-hydroxylation sites is 1. The highest BCUT2D eigenvalue weighted by molar-refractivity contribution is 5.81. The SMILES string of the molecule is Oc1cccc2ncn(CC3CCCCN3)c12. The van der Waals surface area contributed by atoms with Gasteiger partial charge in [-0.05, 0) is 31.5 Å². The van der Waals surface area contributed by atoms with Crippen LogP contribution in [0.4, 0.5) is 0 Å². The second kappa shape index (κ2) is 4.37. The second-order valence-corrected chi connectivity index (χ2v) is 4.69. The molecule has 1 aliphatic rings. The van der Waals surface area contributed by atoms with Gasteiger partial charge in [0.1, 0.15) is 11.3 Å². The number of aromatic hydroxyl groups is 1. The first-order valence-corrected chi connectivity index (χ1v) is 6.21. The average Bonchev–Trinajstić information content (AvgIpc) is 2.75. The summed E-state index contributed by atoms with van der Waals surface area (Å²) >= 11 is 0. The molecule has 3 rings (SSSR count). The van der Waals surface area contributed by atoms with Gasteiger partial charge in [0.15, 0.2) is 0 Å². The molecule has 1 aliphatic heterocycles. The molecule has 0 radical (unpaired) electrons. The number of fused-ring (bicyclic) bond motifs is 1. The first-order valence-electron chi connectivity index (χ1n) is 6.21. The van der Waals surface area contributed by atoms with Gasteiger partial charge in [-0.15, -0.1) is 0 Å². The molecule has 0 spiro atoms. The fourth-order valence-corrected chi connectivity index (χ4v) is 2.56. The second-order valence-electron chi connectivity index (χ2n) is 4.69. The van der Waals surface area contributed by atoms with Crippen molar-refractivity contribution in [1.29, 1.82) is 0 Å². The number of phenols is 1. The Balaban J connectivity index is 1.89. The predicted molar refractivity (Wildman–Crippen MR) is 67.0 cm³/mol. The molecule has 17 heavy (non-hydrogen) atoms. The van der Waals surface area contributed by atoms with E-state index < -0.39 is 0 Å². The number of phenolic OH excluding ortho intramolecular Hbond substituents is 1. The monoisotopic (exact) mass is 231 g/mol. The number of hydrogen-bond donors (Lipinski definition) is 2. The van der Waals surface area contributed by atoms with Gasteiger partial charge in [0, 0.05) is 12.6 Å². The summed E-state index contributed by atoms with van der Waals surface area (Å²) in [6, 6.07) is 5.98. The zero-order valence-corrected chi connectivity index (χ0v) is 9.76. The van der Waals surface area contributed by atoms with E-state index >= 15 is 0 Å². The third-order valence-electron chi connectivity index (χ3n) is 3.45. The van der Waals surface area contributed by atoms with Gasteiger partial charge in [-0.1, -0.05) is 12.5 Å². The van der Waals surface area contributed by atoms with Crippen LogP contribution in [0.5, 0.6) is 5.75 Å². The minimum absolute atomic E-state index is 0.316. The van der Waals surface area contributed by atoms with Gasteiger partial charge in [-0.25, -0.2) is 4.98 Å². The van der Waals surface area contributed by atoms with Crippen LogP contribution in [0.3, 0.4) is 0 Å². The van der Waals surface area contributed by atoms with E-state index in [1.54, 1.807) is 6.07 Å². The molecule has 1 aromatic heterocycles.